The second kappa shape index (κ2) is 4.61. The molecule has 0 amide bonds. The zero-order valence-corrected chi connectivity index (χ0v) is 11.0. The molecular formula is C11H10BrFN2S. The van der Waals surface area contributed by atoms with Crippen molar-refractivity contribution in [2.75, 3.05) is 0 Å². The Morgan fingerprint density at radius 1 is 1.50 bits per heavy atom. The highest BCUT2D eigenvalue weighted by Crippen LogP contribution is 2.33. The molecule has 16 heavy (non-hydrogen) atoms. The van der Waals surface area contributed by atoms with Crippen LogP contribution in [0.25, 0.3) is 11.3 Å². The van der Waals surface area contributed by atoms with Crippen LogP contribution in [0.1, 0.15) is 10.6 Å². The number of nitrogens with zero attached hydrogens (tertiary/aromatic N) is 1. The molecular weight excluding hydrogens is 291 g/mol. The molecule has 0 aliphatic carbocycles. The first kappa shape index (κ1) is 11.7. The maximum Gasteiger partial charge on any atom is 0.126 e. The lowest BCUT2D eigenvalue weighted by Crippen LogP contribution is -1.94. The predicted octanol–water partition coefficient (Wildman–Crippen LogP) is 3.48. The van der Waals surface area contributed by atoms with E-state index in [4.69, 9.17) is 5.73 Å². The van der Waals surface area contributed by atoms with Gasteiger partial charge in [-0.15, -0.1) is 11.3 Å². The summed E-state index contributed by atoms with van der Waals surface area (Å²) in [6.07, 6.45) is 0. The van der Waals surface area contributed by atoms with Gasteiger partial charge in [-0.2, -0.15) is 0 Å². The largest absolute Gasteiger partial charge is 0.325 e. The standard InChI is InChI=1S/C11H10BrFN2S/c1-6-4-7(2-3-8(6)13)10-11(12)16-9(5-14)15-10/h2-4H,5,14H2,1H3. The lowest BCUT2D eigenvalue weighted by Gasteiger charge is -2.01. The van der Waals surface area contributed by atoms with E-state index in [9.17, 15) is 4.39 Å². The first-order valence-corrected chi connectivity index (χ1v) is 6.34. The third kappa shape index (κ3) is 2.16. The number of aryl methyl sites for hydroxylation is 1. The molecule has 0 bridgehead atoms. The van der Waals surface area contributed by atoms with E-state index >= 15 is 0 Å². The highest BCUT2D eigenvalue weighted by atomic mass is 79.9. The Morgan fingerprint density at radius 3 is 2.81 bits per heavy atom. The van der Waals surface area contributed by atoms with Crippen molar-refractivity contribution >= 4 is 27.3 Å². The molecule has 2 nitrogen and oxygen atoms in total. The fourth-order valence-corrected chi connectivity index (χ4v) is 2.97. The van der Waals surface area contributed by atoms with Gasteiger partial charge in [-0.25, -0.2) is 9.37 Å². The minimum Gasteiger partial charge on any atom is -0.325 e. The molecule has 0 saturated carbocycles. The Bertz CT molecular complexity index is 525. The summed E-state index contributed by atoms with van der Waals surface area (Å²) < 4.78 is 14.1. The number of rotatable bonds is 2. The Morgan fingerprint density at radius 2 is 2.25 bits per heavy atom. The van der Waals surface area contributed by atoms with Crippen molar-refractivity contribution in [1.82, 2.24) is 4.98 Å². The van der Waals surface area contributed by atoms with Gasteiger partial charge >= 0.3 is 0 Å². The van der Waals surface area contributed by atoms with Crippen LogP contribution in [0.3, 0.4) is 0 Å². The molecule has 0 aliphatic rings. The molecule has 1 heterocycles. The van der Waals surface area contributed by atoms with Crippen LogP contribution in [0.5, 0.6) is 0 Å². The van der Waals surface area contributed by atoms with Gasteiger partial charge in [-0.1, -0.05) is 0 Å². The summed E-state index contributed by atoms with van der Waals surface area (Å²) in [6.45, 7) is 2.16. The highest BCUT2D eigenvalue weighted by Gasteiger charge is 2.11. The first-order chi connectivity index (χ1) is 7.61. The molecule has 1 aromatic carbocycles. The van der Waals surface area contributed by atoms with Crippen LogP contribution in [0.2, 0.25) is 0 Å². The topological polar surface area (TPSA) is 38.9 Å². The fraction of sp³-hybridized carbons (Fsp3) is 0.182. The number of hydrogen-bond donors (Lipinski definition) is 1. The lowest BCUT2D eigenvalue weighted by atomic mass is 10.1. The molecule has 2 aromatic rings. The van der Waals surface area contributed by atoms with Crippen LogP contribution >= 0.6 is 27.3 Å². The van der Waals surface area contributed by atoms with Gasteiger partial charge in [0.2, 0.25) is 0 Å². The quantitative estimate of drug-likeness (QED) is 0.922. The van der Waals surface area contributed by atoms with E-state index in [0.29, 0.717) is 12.1 Å². The Balaban J connectivity index is 2.49. The van der Waals surface area contributed by atoms with Crippen molar-refractivity contribution in [1.29, 1.82) is 0 Å². The maximum absolute atomic E-state index is 13.1. The van der Waals surface area contributed by atoms with Gasteiger partial charge in [0.05, 0.1) is 9.48 Å². The monoisotopic (exact) mass is 300 g/mol. The third-order valence-corrected chi connectivity index (χ3v) is 3.96. The van der Waals surface area contributed by atoms with Crippen molar-refractivity contribution in [2.45, 2.75) is 13.5 Å². The molecule has 0 aliphatic heterocycles. The molecule has 0 radical (unpaired) electrons. The molecule has 2 N–H and O–H groups in total. The van der Waals surface area contributed by atoms with Gasteiger partial charge in [0.15, 0.2) is 0 Å². The van der Waals surface area contributed by atoms with E-state index < -0.39 is 0 Å². The minimum atomic E-state index is -0.200. The first-order valence-electron chi connectivity index (χ1n) is 4.73. The molecule has 0 spiro atoms. The van der Waals surface area contributed by atoms with Crippen LogP contribution < -0.4 is 5.73 Å². The van der Waals surface area contributed by atoms with Crippen LogP contribution in [-0.2, 0) is 6.54 Å². The maximum atomic E-state index is 13.1. The highest BCUT2D eigenvalue weighted by molar-refractivity contribution is 9.11. The lowest BCUT2D eigenvalue weighted by molar-refractivity contribution is 0.619. The summed E-state index contributed by atoms with van der Waals surface area (Å²) in [6, 6.07) is 4.97. The van der Waals surface area contributed by atoms with Crippen molar-refractivity contribution in [3.63, 3.8) is 0 Å². The zero-order chi connectivity index (χ0) is 11.7. The van der Waals surface area contributed by atoms with Gasteiger partial charge in [-0.3, -0.25) is 0 Å². The van der Waals surface area contributed by atoms with Crippen molar-refractivity contribution < 1.29 is 4.39 Å². The minimum absolute atomic E-state index is 0.200. The number of hydrogen-bond acceptors (Lipinski definition) is 3. The van der Waals surface area contributed by atoms with Crippen LogP contribution in [0, 0.1) is 12.7 Å². The van der Waals surface area contributed by atoms with Gasteiger partial charge in [0.1, 0.15) is 10.8 Å². The summed E-state index contributed by atoms with van der Waals surface area (Å²) in [7, 11) is 0. The third-order valence-electron chi connectivity index (χ3n) is 2.24. The molecule has 2 rings (SSSR count). The van der Waals surface area contributed by atoms with Crippen LogP contribution in [-0.4, -0.2) is 4.98 Å². The number of benzene rings is 1. The average Bonchev–Trinajstić information content (AvgIpc) is 2.64. The Labute approximate surface area is 105 Å². The molecule has 0 fully saturated rings. The van der Waals surface area contributed by atoms with Crippen molar-refractivity contribution in [3.8, 4) is 11.3 Å². The average molecular weight is 301 g/mol. The number of thiazole rings is 1. The molecule has 5 heteroatoms. The van der Waals surface area contributed by atoms with E-state index in [1.54, 1.807) is 19.1 Å². The summed E-state index contributed by atoms with van der Waals surface area (Å²) in [5.74, 6) is -0.200. The second-order valence-electron chi connectivity index (χ2n) is 3.40. The van der Waals surface area contributed by atoms with Gasteiger partial charge < -0.3 is 5.73 Å². The Kier molecular flexibility index (Phi) is 3.37. The molecule has 1 aromatic heterocycles. The number of halogens is 2. The molecule has 84 valence electrons. The van der Waals surface area contributed by atoms with Crippen LogP contribution in [0.15, 0.2) is 22.0 Å². The van der Waals surface area contributed by atoms with Gasteiger partial charge in [-0.05, 0) is 46.6 Å². The van der Waals surface area contributed by atoms with E-state index in [1.807, 2.05) is 0 Å². The van der Waals surface area contributed by atoms with E-state index in [-0.39, 0.29) is 5.82 Å². The van der Waals surface area contributed by atoms with Crippen molar-refractivity contribution in [2.24, 2.45) is 5.73 Å². The molecule has 0 atom stereocenters. The molecule has 0 unspecified atom stereocenters. The van der Waals surface area contributed by atoms with Gasteiger partial charge in [0, 0.05) is 12.1 Å². The zero-order valence-electron chi connectivity index (χ0n) is 8.63. The normalized spacial score (nSPS) is 10.8. The van der Waals surface area contributed by atoms with Crippen molar-refractivity contribution in [3.05, 3.63) is 38.4 Å². The van der Waals surface area contributed by atoms with E-state index in [0.717, 1.165) is 20.1 Å². The summed E-state index contributed by atoms with van der Waals surface area (Å²) in [4.78, 5) is 4.39. The number of nitrogens with two attached hydrogens (primary N) is 1. The summed E-state index contributed by atoms with van der Waals surface area (Å²) in [5, 5.41) is 0.865. The van der Waals surface area contributed by atoms with Crippen LogP contribution in [0.4, 0.5) is 4.39 Å². The Hall–Kier alpha value is -0.780. The molecule has 0 saturated heterocycles. The van der Waals surface area contributed by atoms with Gasteiger partial charge in [0.25, 0.3) is 0 Å². The summed E-state index contributed by atoms with van der Waals surface area (Å²) >= 11 is 4.95. The number of aromatic nitrogens is 1. The second-order valence-corrected chi connectivity index (χ2v) is 5.80. The van der Waals surface area contributed by atoms with E-state index in [1.165, 1.54) is 17.4 Å². The predicted molar refractivity (Wildman–Crippen MR) is 67.8 cm³/mol. The fourth-order valence-electron chi connectivity index (χ4n) is 1.40. The SMILES string of the molecule is Cc1cc(-c2nc(CN)sc2Br)ccc1F. The smallest absolute Gasteiger partial charge is 0.126 e. The van der Waals surface area contributed by atoms with E-state index in [2.05, 4.69) is 20.9 Å². The summed E-state index contributed by atoms with van der Waals surface area (Å²) in [5.41, 5.74) is 7.88.